The van der Waals surface area contributed by atoms with E-state index in [1.807, 2.05) is 24.4 Å². The van der Waals surface area contributed by atoms with Crippen molar-refractivity contribution in [1.82, 2.24) is 20.1 Å². The first-order valence-corrected chi connectivity index (χ1v) is 12.4. The minimum absolute atomic E-state index is 0.173. The quantitative estimate of drug-likeness (QED) is 0.477. The number of aliphatic hydroxyl groups excluding tert-OH is 1. The Kier molecular flexibility index (Phi) is 5.83. The van der Waals surface area contributed by atoms with Crippen LogP contribution in [0.5, 0.6) is 5.75 Å². The number of nitrogens with two attached hydrogens (primary N) is 1. The summed E-state index contributed by atoms with van der Waals surface area (Å²) in [6.45, 7) is 3.69. The van der Waals surface area contributed by atoms with E-state index in [1.54, 1.807) is 12.1 Å². The Bertz CT molecular complexity index is 1320. The van der Waals surface area contributed by atoms with Gasteiger partial charge in [-0.25, -0.2) is 4.98 Å². The summed E-state index contributed by atoms with van der Waals surface area (Å²) in [5.41, 5.74) is 10.3. The number of piperazine rings is 1. The molecule has 0 radical (unpaired) electrons. The number of pyridine rings is 1. The van der Waals surface area contributed by atoms with E-state index < -0.39 is 0 Å². The number of β-amino-alcohol motifs (C(OH)–C–C–N with tert-alkyl or cyclic N) is 1. The highest BCUT2D eigenvalue weighted by Gasteiger charge is 2.40. The van der Waals surface area contributed by atoms with Crippen molar-refractivity contribution in [2.75, 3.05) is 48.3 Å². The van der Waals surface area contributed by atoms with Crippen molar-refractivity contribution in [2.24, 2.45) is 0 Å². The maximum absolute atomic E-state index is 10.3. The lowest BCUT2D eigenvalue weighted by molar-refractivity contribution is 0.0111. The van der Waals surface area contributed by atoms with Crippen LogP contribution in [0, 0.1) is 11.8 Å². The number of benzene rings is 1. The molecule has 2 bridgehead atoms. The summed E-state index contributed by atoms with van der Waals surface area (Å²) in [6.07, 6.45) is 3.83. The van der Waals surface area contributed by atoms with E-state index in [9.17, 15) is 10.2 Å². The number of likely N-dealkylation sites (tertiary alicyclic amines) is 1. The number of aromatic nitrogens is 3. The van der Waals surface area contributed by atoms with Gasteiger partial charge in [-0.2, -0.15) is 0 Å². The van der Waals surface area contributed by atoms with Crippen LogP contribution in [0.15, 0.2) is 48.7 Å². The highest BCUT2D eigenvalue weighted by molar-refractivity contribution is 5.74. The molecule has 2 aromatic heterocycles. The van der Waals surface area contributed by atoms with Gasteiger partial charge in [-0.05, 0) is 49.1 Å². The standard InChI is InChI=1S/C27H29N7O2/c28-27-25(13-24(30-31-27)23-5-1-2-6-26(23)36)33-14-20-7-8-21(15-33)34(20)19-9-10-29-18(12-19)4-3-11-32-16-22(35)17-32/h1-2,5-6,9-10,12-13,20-22,35-36H,7-8,11,14-17H2,(H2,28,31). The number of phenolic OH excluding ortho intramolecular Hbond substituents is 1. The van der Waals surface area contributed by atoms with E-state index in [0.29, 0.717) is 48.8 Å². The molecule has 0 spiro atoms. The smallest absolute Gasteiger partial charge is 0.169 e. The molecule has 3 fully saturated rings. The zero-order valence-electron chi connectivity index (χ0n) is 20.0. The summed E-state index contributed by atoms with van der Waals surface area (Å²) in [4.78, 5) is 11.4. The fraction of sp³-hybridized carbons (Fsp3) is 0.370. The summed E-state index contributed by atoms with van der Waals surface area (Å²) in [5, 5.41) is 28.1. The molecule has 5 heterocycles. The molecular formula is C27H29N7O2. The second kappa shape index (κ2) is 9.30. The number of anilines is 3. The molecule has 0 saturated carbocycles. The molecule has 3 aliphatic heterocycles. The third-order valence-corrected chi connectivity index (χ3v) is 7.30. The summed E-state index contributed by atoms with van der Waals surface area (Å²) < 4.78 is 0. The minimum Gasteiger partial charge on any atom is -0.507 e. The molecule has 1 aromatic carbocycles. The van der Waals surface area contributed by atoms with Crippen molar-refractivity contribution in [3.8, 4) is 28.8 Å². The number of nitrogens with zero attached hydrogens (tertiary/aromatic N) is 6. The number of hydrogen-bond donors (Lipinski definition) is 3. The molecule has 2 atom stereocenters. The Morgan fingerprint density at radius 2 is 1.78 bits per heavy atom. The maximum atomic E-state index is 10.3. The van der Waals surface area contributed by atoms with E-state index in [2.05, 4.69) is 53.9 Å². The molecule has 6 rings (SSSR count). The maximum Gasteiger partial charge on any atom is 0.169 e. The van der Waals surface area contributed by atoms with Crippen molar-refractivity contribution in [3.05, 3.63) is 54.4 Å². The Morgan fingerprint density at radius 3 is 2.53 bits per heavy atom. The van der Waals surface area contributed by atoms with Crippen LogP contribution in [0.2, 0.25) is 0 Å². The molecular weight excluding hydrogens is 454 g/mol. The highest BCUT2D eigenvalue weighted by Crippen LogP contribution is 2.38. The molecule has 9 heteroatoms. The van der Waals surface area contributed by atoms with Crippen LogP contribution < -0.4 is 15.5 Å². The van der Waals surface area contributed by atoms with Gasteiger partial charge in [0.2, 0.25) is 0 Å². The van der Waals surface area contributed by atoms with Crippen molar-refractivity contribution < 1.29 is 10.2 Å². The van der Waals surface area contributed by atoms with Gasteiger partial charge >= 0.3 is 0 Å². The van der Waals surface area contributed by atoms with Crippen LogP contribution in [0.25, 0.3) is 11.3 Å². The van der Waals surface area contributed by atoms with Gasteiger partial charge < -0.3 is 25.7 Å². The van der Waals surface area contributed by atoms with Crippen LogP contribution in [-0.2, 0) is 0 Å². The monoisotopic (exact) mass is 483 g/mol. The van der Waals surface area contributed by atoms with Gasteiger partial charge in [0.05, 0.1) is 24.0 Å². The van der Waals surface area contributed by atoms with E-state index in [0.717, 1.165) is 43.0 Å². The molecule has 3 aliphatic rings. The summed E-state index contributed by atoms with van der Waals surface area (Å²) in [7, 11) is 0. The SMILES string of the molecule is Nc1nnc(-c2ccccc2O)cc1N1CC2CCC(C1)N2c1ccnc(C#CCN2CC(O)C2)c1. The normalized spacial score (nSPS) is 21.7. The lowest BCUT2D eigenvalue weighted by atomic mass is 10.1. The Balaban J connectivity index is 1.20. The molecule has 4 N–H and O–H groups in total. The van der Waals surface area contributed by atoms with Crippen molar-refractivity contribution in [2.45, 2.75) is 31.0 Å². The largest absolute Gasteiger partial charge is 0.507 e. The Hall–Kier alpha value is -3.87. The lowest BCUT2D eigenvalue weighted by Gasteiger charge is -2.43. The van der Waals surface area contributed by atoms with Crippen molar-refractivity contribution in [1.29, 1.82) is 0 Å². The number of para-hydroxylation sites is 1. The van der Waals surface area contributed by atoms with Gasteiger partial charge in [0.1, 0.15) is 11.4 Å². The van der Waals surface area contributed by atoms with Crippen LogP contribution in [0.3, 0.4) is 0 Å². The molecule has 9 nitrogen and oxygen atoms in total. The molecule has 2 unspecified atom stereocenters. The number of aliphatic hydroxyl groups is 1. The molecule has 3 aromatic rings. The second-order valence-corrected chi connectivity index (χ2v) is 9.76. The fourth-order valence-electron chi connectivity index (χ4n) is 5.55. The van der Waals surface area contributed by atoms with Gasteiger partial charge in [0.25, 0.3) is 0 Å². The minimum atomic E-state index is -0.210. The van der Waals surface area contributed by atoms with Crippen LogP contribution >= 0.6 is 0 Å². The third-order valence-electron chi connectivity index (χ3n) is 7.30. The molecule has 3 saturated heterocycles. The van der Waals surface area contributed by atoms with Gasteiger partial charge in [-0.1, -0.05) is 18.1 Å². The first-order valence-electron chi connectivity index (χ1n) is 12.4. The summed E-state index contributed by atoms with van der Waals surface area (Å²) in [5.74, 6) is 6.94. The zero-order valence-corrected chi connectivity index (χ0v) is 20.0. The predicted octanol–water partition coefficient (Wildman–Crippen LogP) is 1.71. The number of nitrogen functional groups attached to an aromatic ring is 1. The molecule has 0 aliphatic carbocycles. The highest BCUT2D eigenvalue weighted by atomic mass is 16.3. The number of aromatic hydroxyl groups is 1. The number of hydrogen-bond acceptors (Lipinski definition) is 9. The number of rotatable bonds is 4. The summed E-state index contributed by atoms with van der Waals surface area (Å²) >= 11 is 0. The van der Waals surface area contributed by atoms with E-state index in [-0.39, 0.29) is 11.9 Å². The molecule has 184 valence electrons. The molecule has 36 heavy (non-hydrogen) atoms. The Labute approximate surface area is 210 Å². The average Bonchev–Trinajstić information content (AvgIpc) is 3.13. The van der Waals surface area contributed by atoms with Gasteiger partial charge in [-0.15, -0.1) is 10.2 Å². The van der Waals surface area contributed by atoms with Gasteiger partial charge in [-0.3, -0.25) is 4.90 Å². The first kappa shape index (κ1) is 22.6. The van der Waals surface area contributed by atoms with Crippen LogP contribution in [-0.4, -0.2) is 81.2 Å². The van der Waals surface area contributed by atoms with E-state index >= 15 is 0 Å². The van der Waals surface area contributed by atoms with Crippen LogP contribution in [0.4, 0.5) is 17.2 Å². The first-order chi connectivity index (χ1) is 17.5. The average molecular weight is 484 g/mol. The lowest BCUT2D eigenvalue weighted by Crippen LogP contribution is -2.54. The third kappa shape index (κ3) is 4.30. The van der Waals surface area contributed by atoms with Crippen molar-refractivity contribution in [3.63, 3.8) is 0 Å². The second-order valence-electron chi connectivity index (χ2n) is 9.76. The fourth-order valence-corrected chi connectivity index (χ4v) is 5.55. The van der Waals surface area contributed by atoms with Crippen LogP contribution in [0.1, 0.15) is 18.5 Å². The van der Waals surface area contributed by atoms with Gasteiger partial charge in [0, 0.05) is 55.7 Å². The van der Waals surface area contributed by atoms with Crippen molar-refractivity contribution >= 4 is 17.2 Å². The number of fused-ring (bicyclic) bond motifs is 2. The van der Waals surface area contributed by atoms with E-state index in [1.165, 1.54) is 0 Å². The summed E-state index contributed by atoms with van der Waals surface area (Å²) in [6, 6.07) is 13.9. The predicted molar refractivity (Wildman–Crippen MR) is 139 cm³/mol. The number of phenols is 1. The van der Waals surface area contributed by atoms with Gasteiger partial charge in [0.15, 0.2) is 5.82 Å². The molecule has 0 amide bonds. The van der Waals surface area contributed by atoms with E-state index in [4.69, 9.17) is 5.73 Å². The zero-order chi connectivity index (χ0) is 24.6. The topological polar surface area (TPSA) is 115 Å². The Morgan fingerprint density at radius 1 is 1.00 bits per heavy atom.